The van der Waals surface area contributed by atoms with Crippen molar-refractivity contribution < 1.29 is 8.81 Å². The molecule has 184 valence electrons. The summed E-state index contributed by atoms with van der Waals surface area (Å²) >= 11 is 1.43. The zero-order valence-corrected chi connectivity index (χ0v) is 21.1. The van der Waals surface area contributed by atoms with Crippen LogP contribution >= 0.6 is 11.3 Å². The van der Waals surface area contributed by atoms with E-state index in [1.807, 2.05) is 89.3 Å². The Labute approximate surface area is 215 Å². The summed E-state index contributed by atoms with van der Waals surface area (Å²) in [6.45, 7) is 2.32. The van der Waals surface area contributed by atoms with Crippen molar-refractivity contribution in [3.8, 4) is 17.1 Å². The van der Waals surface area contributed by atoms with Gasteiger partial charge in [0.15, 0.2) is 16.2 Å². The first-order valence-electron chi connectivity index (χ1n) is 11.8. The highest BCUT2D eigenvalue weighted by Gasteiger charge is 2.18. The predicted octanol–water partition coefficient (Wildman–Crippen LogP) is 6.18. The third-order valence-corrected chi connectivity index (χ3v) is 7.32. The fourth-order valence-corrected chi connectivity index (χ4v) is 5.32. The first kappa shape index (κ1) is 23.0. The van der Waals surface area contributed by atoms with Gasteiger partial charge in [-0.2, -0.15) is 0 Å². The molecule has 3 aromatic carbocycles. The van der Waals surface area contributed by atoms with Crippen LogP contribution in [0.2, 0.25) is 0 Å². The molecule has 0 N–H and O–H groups in total. The molecular weight excluding hydrogens is 487 g/mol. The Balaban J connectivity index is 1.54. The number of hydrogen-bond acceptors (Lipinski definition) is 4. The van der Waals surface area contributed by atoms with Crippen molar-refractivity contribution in [3.63, 3.8) is 0 Å². The van der Waals surface area contributed by atoms with Gasteiger partial charge in [-0.05, 0) is 48.9 Å². The molecule has 6 aromatic rings. The average Bonchev–Trinajstić information content (AvgIpc) is 3.57. The van der Waals surface area contributed by atoms with Gasteiger partial charge in [0.25, 0.3) is 5.56 Å². The molecule has 0 aliphatic heterocycles. The molecule has 6 nitrogen and oxygen atoms in total. The molecule has 8 heteroatoms. The molecule has 0 fully saturated rings. The number of benzene rings is 3. The SMILES string of the molecule is Cc1c(N=c2scc(-c3cc4ccccc4o3)n2Cc2ccc(F)cc2)c(=O)n(-c2ccccc2)n1C. The standard InChI is InChI=1S/C29H23FN4O2S/c1-19-27(28(35)34(32(19)2)23-9-4-3-5-10-23)31-29-33(17-20-12-14-22(30)15-13-20)24(18-37-29)26-16-21-8-6-7-11-25(21)36-26/h3-16,18H,17H2,1-2H3. The number of hydrogen-bond donors (Lipinski definition) is 0. The number of fused-ring (bicyclic) bond motifs is 1. The van der Waals surface area contributed by atoms with Crippen LogP contribution in [0.25, 0.3) is 28.1 Å². The van der Waals surface area contributed by atoms with Crippen molar-refractivity contribution in [1.29, 1.82) is 0 Å². The molecule has 3 aromatic heterocycles. The molecule has 6 rings (SSSR count). The van der Waals surface area contributed by atoms with E-state index in [2.05, 4.69) is 0 Å². The number of aromatic nitrogens is 3. The Bertz CT molecular complexity index is 1820. The topological polar surface area (TPSA) is 57.4 Å². The number of nitrogens with zero attached hydrogens (tertiary/aromatic N) is 4. The van der Waals surface area contributed by atoms with Crippen molar-refractivity contribution in [2.75, 3.05) is 0 Å². The molecule has 0 saturated carbocycles. The van der Waals surface area contributed by atoms with E-state index < -0.39 is 0 Å². The van der Waals surface area contributed by atoms with Gasteiger partial charge >= 0.3 is 0 Å². The van der Waals surface area contributed by atoms with Crippen LogP contribution in [0.15, 0.2) is 105 Å². The fourth-order valence-electron chi connectivity index (χ4n) is 4.43. The van der Waals surface area contributed by atoms with Crippen LogP contribution in [-0.2, 0) is 13.6 Å². The van der Waals surface area contributed by atoms with Crippen LogP contribution in [-0.4, -0.2) is 13.9 Å². The zero-order valence-electron chi connectivity index (χ0n) is 20.3. The summed E-state index contributed by atoms with van der Waals surface area (Å²) in [5.74, 6) is 0.412. The number of para-hydroxylation sites is 2. The minimum atomic E-state index is -0.289. The van der Waals surface area contributed by atoms with E-state index in [-0.39, 0.29) is 11.4 Å². The number of thiazole rings is 1. The van der Waals surface area contributed by atoms with Gasteiger partial charge in [0.1, 0.15) is 11.4 Å². The van der Waals surface area contributed by atoms with Crippen LogP contribution < -0.4 is 10.4 Å². The zero-order chi connectivity index (χ0) is 25.5. The smallest absolute Gasteiger partial charge is 0.297 e. The summed E-state index contributed by atoms with van der Waals surface area (Å²) in [6.07, 6.45) is 0. The second-order valence-corrected chi connectivity index (χ2v) is 9.62. The number of rotatable bonds is 5. The summed E-state index contributed by atoms with van der Waals surface area (Å²) < 4.78 is 25.2. The van der Waals surface area contributed by atoms with Gasteiger partial charge in [-0.3, -0.25) is 9.48 Å². The molecule has 0 saturated heterocycles. The molecule has 37 heavy (non-hydrogen) atoms. The van der Waals surface area contributed by atoms with E-state index in [1.54, 1.807) is 16.8 Å². The maximum Gasteiger partial charge on any atom is 0.297 e. The van der Waals surface area contributed by atoms with E-state index in [0.29, 0.717) is 22.8 Å². The second kappa shape index (κ2) is 9.22. The third-order valence-electron chi connectivity index (χ3n) is 6.46. The third kappa shape index (κ3) is 4.15. The van der Waals surface area contributed by atoms with Crippen molar-refractivity contribution in [2.24, 2.45) is 12.0 Å². The Morgan fingerprint density at radius 2 is 1.70 bits per heavy atom. The van der Waals surface area contributed by atoms with Gasteiger partial charge in [-0.15, -0.1) is 11.3 Å². The molecule has 0 aliphatic carbocycles. The summed E-state index contributed by atoms with van der Waals surface area (Å²) in [7, 11) is 1.85. The minimum Gasteiger partial charge on any atom is -0.454 e. The first-order chi connectivity index (χ1) is 18.0. The molecule has 0 spiro atoms. The van der Waals surface area contributed by atoms with E-state index in [4.69, 9.17) is 9.41 Å². The lowest BCUT2D eigenvalue weighted by molar-refractivity contribution is 0.616. The summed E-state index contributed by atoms with van der Waals surface area (Å²) in [4.78, 5) is 19.0. The van der Waals surface area contributed by atoms with E-state index in [0.717, 1.165) is 33.6 Å². The Morgan fingerprint density at radius 3 is 2.46 bits per heavy atom. The average molecular weight is 511 g/mol. The molecule has 0 unspecified atom stereocenters. The van der Waals surface area contributed by atoms with Gasteiger partial charge in [0.05, 0.1) is 23.6 Å². The molecule has 0 aliphatic rings. The van der Waals surface area contributed by atoms with Crippen molar-refractivity contribution >= 4 is 28.0 Å². The van der Waals surface area contributed by atoms with Crippen LogP contribution in [0, 0.1) is 12.7 Å². The summed E-state index contributed by atoms with van der Waals surface area (Å²) in [6, 6.07) is 25.7. The van der Waals surface area contributed by atoms with E-state index in [1.165, 1.54) is 23.5 Å². The van der Waals surface area contributed by atoms with Crippen molar-refractivity contribution in [3.05, 3.63) is 123 Å². The predicted molar refractivity (Wildman–Crippen MR) is 144 cm³/mol. The van der Waals surface area contributed by atoms with Gasteiger partial charge in [0, 0.05) is 17.8 Å². The lowest BCUT2D eigenvalue weighted by Gasteiger charge is -2.08. The quantitative estimate of drug-likeness (QED) is 0.278. The lowest BCUT2D eigenvalue weighted by atomic mass is 10.2. The van der Waals surface area contributed by atoms with E-state index >= 15 is 0 Å². The minimum absolute atomic E-state index is 0.196. The molecule has 3 heterocycles. The molecule has 0 radical (unpaired) electrons. The highest BCUT2D eigenvalue weighted by atomic mass is 32.1. The Morgan fingerprint density at radius 1 is 0.973 bits per heavy atom. The van der Waals surface area contributed by atoms with E-state index in [9.17, 15) is 9.18 Å². The molecule has 0 amide bonds. The summed E-state index contributed by atoms with van der Waals surface area (Å²) in [5.41, 5.74) is 4.23. The maximum absolute atomic E-state index is 13.6. The Hall–Kier alpha value is -4.43. The van der Waals surface area contributed by atoms with Gasteiger partial charge in [-0.25, -0.2) is 14.1 Å². The molecule has 0 atom stereocenters. The fraction of sp³-hybridized carbons (Fsp3) is 0.103. The number of halogens is 1. The highest BCUT2D eigenvalue weighted by Crippen LogP contribution is 2.29. The maximum atomic E-state index is 13.6. The molecular formula is C29H23FN4O2S. The largest absolute Gasteiger partial charge is 0.454 e. The van der Waals surface area contributed by atoms with Gasteiger partial charge in [0.2, 0.25) is 0 Å². The first-order valence-corrected chi connectivity index (χ1v) is 12.7. The van der Waals surface area contributed by atoms with Crippen LogP contribution in [0.4, 0.5) is 10.1 Å². The van der Waals surface area contributed by atoms with Crippen LogP contribution in [0.5, 0.6) is 0 Å². The monoisotopic (exact) mass is 510 g/mol. The van der Waals surface area contributed by atoms with Gasteiger partial charge in [-0.1, -0.05) is 48.5 Å². The van der Waals surface area contributed by atoms with Crippen LogP contribution in [0.3, 0.4) is 0 Å². The molecule has 0 bridgehead atoms. The Kier molecular flexibility index (Phi) is 5.73. The van der Waals surface area contributed by atoms with Crippen molar-refractivity contribution in [1.82, 2.24) is 13.9 Å². The van der Waals surface area contributed by atoms with Gasteiger partial charge < -0.3 is 8.98 Å². The summed E-state index contributed by atoms with van der Waals surface area (Å²) in [5, 5.41) is 2.98. The van der Waals surface area contributed by atoms with Crippen molar-refractivity contribution in [2.45, 2.75) is 13.5 Å². The second-order valence-electron chi connectivity index (χ2n) is 8.79. The number of furan rings is 1. The normalized spacial score (nSPS) is 12.0. The lowest BCUT2D eigenvalue weighted by Crippen LogP contribution is -2.20. The van der Waals surface area contributed by atoms with Crippen LogP contribution in [0.1, 0.15) is 11.3 Å². The highest BCUT2D eigenvalue weighted by molar-refractivity contribution is 7.07.